The van der Waals surface area contributed by atoms with E-state index in [4.69, 9.17) is 21.1 Å². The molecule has 0 saturated carbocycles. The van der Waals surface area contributed by atoms with Gasteiger partial charge in [-0.15, -0.1) is 11.3 Å². The second-order valence-electron chi connectivity index (χ2n) is 3.43. The van der Waals surface area contributed by atoms with E-state index in [1.165, 1.54) is 0 Å². The lowest BCUT2D eigenvalue weighted by Gasteiger charge is -2.08. The van der Waals surface area contributed by atoms with Crippen LogP contribution in [0.3, 0.4) is 0 Å². The van der Waals surface area contributed by atoms with E-state index in [2.05, 4.69) is 4.99 Å². The van der Waals surface area contributed by atoms with Crippen molar-refractivity contribution in [1.82, 2.24) is 0 Å². The fourth-order valence-electron chi connectivity index (χ4n) is 1.44. The van der Waals surface area contributed by atoms with Crippen molar-refractivity contribution in [2.75, 3.05) is 14.2 Å². The molecule has 2 aromatic rings. The maximum atomic E-state index is 6.07. The van der Waals surface area contributed by atoms with Crippen molar-refractivity contribution in [3.05, 3.63) is 39.5 Å². The van der Waals surface area contributed by atoms with Crippen molar-refractivity contribution >= 4 is 34.8 Å². The molecule has 0 fully saturated rings. The highest BCUT2D eigenvalue weighted by molar-refractivity contribution is 7.11. The normalized spacial score (nSPS) is 10.8. The van der Waals surface area contributed by atoms with Crippen molar-refractivity contribution < 1.29 is 9.47 Å². The molecule has 0 saturated heterocycles. The van der Waals surface area contributed by atoms with Gasteiger partial charge in [0.05, 0.1) is 19.2 Å². The van der Waals surface area contributed by atoms with Crippen molar-refractivity contribution in [2.45, 2.75) is 0 Å². The minimum atomic E-state index is 0.511. The highest BCUT2D eigenvalue weighted by Gasteiger charge is 2.08. The highest BCUT2D eigenvalue weighted by Crippen LogP contribution is 2.37. The lowest BCUT2D eigenvalue weighted by atomic mass is 10.2. The van der Waals surface area contributed by atoms with Crippen LogP contribution in [0, 0.1) is 0 Å². The van der Waals surface area contributed by atoms with E-state index in [-0.39, 0.29) is 0 Å². The molecule has 18 heavy (non-hydrogen) atoms. The molecule has 0 aliphatic heterocycles. The molecule has 1 aromatic carbocycles. The van der Waals surface area contributed by atoms with Gasteiger partial charge in [0.1, 0.15) is 17.2 Å². The average Bonchev–Trinajstić information content (AvgIpc) is 2.89. The molecule has 1 heterocycles. The van der Waals surface area contributed by atoms with Crippen LogP contribution in [-0.2, 0) is 0 Å². The maximum Gasteiger partial charge on any atom is 0.148 e. The highest BCUT2D eigenvalue weighted by atomic mass is 35.5. The SMILES string of the molecule is COc1cc(OC)c(N=Cc2cccs2)cc1Cl. The Kier molecular flexibility index (Phi) is 4.23. The number of halogens is 1. The predicted octanol–water partition coefficient (Wildman–Crippen LogP) is 4.17. The average molecular weight is 282 g/mol. The molecule has 0 N–H and O–H groups in total. The Bertz CT molecular complexity index is 552. The van der Waals surface area contributed by atoms with Crippen LogP contribution in [-0.4, -0.2) is 20.4 Å². The summed E-state index contributed by atoms with van der Waals surface area (Å²) < 4.78 is 10.4. The van der Waals surface area contributed by atoms with Gasteiger partial charge in [-0.3, -0.25) is 4.99 Å². The molecule has 0 bridgehead atoms. The Hall–Kier alpha value is -1.52. The number of methoxy groups -OCH3 is 2. The zero-order chi connectivity index (χ0) is 13.0. The van der Waals surface area contributed by atoms with Gasteiger partial charge in [0.25, 0.3) is 0 Å². The predicted molar refractivity (Wildman–Crippen MR) is 76.1 cm³/mol. The number of thiophene rings is 1. The summed E-state index contributed by atoms with van der Waals surface area (Å²) in [6.07, 6.45) is 1.78. The summed E-state index contributed by atoms with van der Waals surface area (Å²) in [6, 6.07) is 7.42. The fraction of sp³-hybridized carbons (Fsp3) is 0.154. The van der Waals surface area contributed by atoms with Crippen LogP contribution in [0.5, 0.6) is 11.5 Å². The van der Waals surface area contributed by atoms with Crippen molar-refractivity contribution in [3.8, 4) is 11.5 Å². The molecule has 2 rings (SSSR count). The zero-order valence-corrected chi connectivity index (χ0v) is 11.6. The zero-order valence-electron chi connectivity index (χ0n) is 10.0. The molecular formula is C13H12ClNO2S. The molecule has 0 aliphatic rings. The Labute approximate surface area is 115 Å². The largest absolute Gasteiger partial charge is 0.495 e. The van der Waals surface area contributed by atoms with Crippen LogP contribution in [0.25, 0.3) is 0 Å². The first-order chi connectivity index (χ1) is 8.74. The third-order valence-corrected chi connectivity index (χ3v) is 3.43. The molecule has 0 atom stereocenters. The third kappa shape index (κ3) is 2.83. The third-order valence-electron chi connectivity index (χ3n) is 2.33. The summed E-state index contributed by atoms with van der Waals surface area (Å²) in [7, 11) is 3.15. The number of benzene rings is 1. The number of hydrogen-bond donors (Lipinski definition) is 0. The Morgan fingerprint density at radius 3 is 2.61 bits per heavy atom. The minimum Gasteiger partial charge on any atom is -0.495 e. The molecule has 94 valence electrons. The lowest BCUT2D eigenvalue weighted by Crippen LogP contribution is -1.88. The molecule has 5 heteroatoms. The second-order valence-corrected chi connectivity index (χ2v) is 4.82. The van der Waals surface area contributed by atoms with Crippen LogP contribution >= 0.6 is 22.9 Å². The van der Waals surface area contributed by atoms with E-state index in [9.17, 15) is 0 Å². The maximum absolute atomic E-state index is 6.07. The summed E-state index contributed by atoms with van der Waals surface area (Å²) >= 11 is 7.69. The number of ether oxygens (including phenoxy) is 2. The first-order valence-corrected chi connectivity index (χ1v) is 6.49. The van der Waals surface area contributed by atoms with Gasteiger partial charge < -0.3 is 9.47 Å². The molecule has 0 spiro atoms. The molecule has 0 unspecified atom stereocenters. The second kappa shape index (κ2) is 5.89. The van der Waals surface area contributed by atoms with Crippen LogP contribution in [0.2, 0.25) is 5.02 Å². The van der Waals surface area contributed by atoms with Crippen LogP contribution in [0.4, 0.5) is 5.69 Å². The summed E-state index contributed by atoms with van der Waals surface area (Å²) in [5.41, 5.74) is 0.678. The van der Waals surface area contributed by atoms with E-state index in [1.54, 1.807) is 43.9 Å². The van der Waals surface area contributed by atoms with Crippen molar-refractivity contribution in [2.24, 2.45) is 4.99 Å². The number of rotatable bonds is 4. The van der Waals surface area contributed by atoms with Gasteiger partial charge in [-0.2, -0.15) is 0 Å². The minimum absolute atomic E-state index is 0.511. The monoisotopic (exact) mass is 281 g/mol. The first-order valence-electron chi connectivity index (χ1n) is 5.23. The smallest absolute Gasteiger partial charge is 0.148 e. The van der Waals surface area contributed by atoms with E-state index < -0.39 is 0 Å². The first kappa shape index (κ1) is 12.9. The van der Waals surface area contributed by atoms with Gasteiger partial charge in [-0.1, -0.05) is 17.7 Å². The van der Waals surface area contributed by atoms with E-state index in [0.717, 1.165) is 4.88 Å². The van der Waals surface area contributed by atoms with Crippen LogP contribution < -0.4 is 9.47 Å². The topological polar surface area (TPSA) is 30.8 Å². The Morgan fingerprint density at radius 2 is 2.00 bits per heavy atom. The number of aliphatic imine (C=N–C) groups is 1. The standard InChI is InChI=1S/C13H12ClNO2S/c1-16-12-7-13(17-2)11(6-10(12)14)15-8-9-4-3-5-18-9/h3-8H,1-2H3. The Balaban J connectivity index is 2.35. The molecular weight excluding hydrogens is 270 g/mol. The van der Waals surface area contributed by atoms with Gasteiger partial charge in [-0.25, -0.2) is 0 Å². The van der Waals surface area contributed by atoms with Gasteiger partial charge >= 0.3 is 0 Å². The lowest BCUT2D eigenvalue weighted by molar-refractivity contribution is 0.395. The summed E-state index contributed by atoms with van der Waals surface area (Å²) in [6.45, 7) is 0. The van der Waals surface area contributed by atoms with Gasteiger partial charge in [0.2, 0.25) is 0 Å². The number of nitrogens with zero attached hydrogens (tertiary/aromatic N) is 1. The van der Waals surface area contributed by atoms with Crippen LogP contribution in [0.1, 0.15) is 4.88 Å². The summed E-state index contributed by atoms with van der Waals surface area (Å²) in [4.78, 5) is 5.45. The van der Waals surface area contributed by atoms with Crippen molar-refractivity contribution in [3.63, 3.8) is 0 Å². The molecule has 3 nitrogen and oxygen atoms in total. The molecule has 0 aliphatic carbocycles. The quantitative estimate of drug-likeness (QED) is 0.788. The van der Waals surface area contributed by atoms with Crippen molar-refractivity contribution in [1.29, 1.82) is 0 Å². The molecule has 0 amide bonds. The van der Waals surface area contributed by atoms with E-state index in [0.29, 0.717) is 22.2 Å². The summed E-state index contributed by atoms with van der Waals surface area (Å²) in [5, 5.41) is 2.51. The van der Waals surface area contributed by atoms with Gasteiger partial charge in [0, 0.05) is 17.2 Å². The summed E-state index contributed by atoms with van der Waals surface area (Å²) in [5.74, 6) is 1.20. The van der Waals surface area contributed by atoms with Crippen LogP contribution in [0.15, 0.2) is 34.6 Å². The fourth-order valence-corrected chi connectivity index (χ4v) is 2.26. The number of hydrogen-bond acceptors (Lipinski definition) is 4. The van der Waals surface area contributed by atoms with E-state index in [1.807, 2.05) is 17.5 Å². The Morgan fingerprint density at radius 1 is 1.22 bits per heavy atom. The van der Waals surface area contributed by atoms with Gasteiger partial charge in [-0.05, 0) is 17.5 Å². The molecule has 1 aromatic heterocycles. The molecule has 0 radical (unpaired) electrons. The van der Waals surface area contributed by atoms with Gasteiger partial charge in [0.15, 0.2) is 0 Å². The van der Waals surface area contributed by atoms with E-state index >= 15 is 0 Å².